The standard InChI is InChI=1S/C14H18N4O/c1-11(2)8-9-13-16-17-14(19)18(13)15-10-12-6-4-3-5-7-12/h3-7,10-11H,8-9H2,1-2H3,(H,17,19)/b15-10+. The van der Waals surface area contributed by atoms with E-state index in [1.807, 2.05) is 30.3 Å². The zero-order valence-electron chi connectivity index (χ0n) is 11.2. The van der Waals surface area contributed by atoms with Gasteiger partial charge in [0.05, 0.1) is 6.21 Å². The second-order valence-electron chi connectivity index (χ2n) is 4.84. The van der Waals surface area contributed by atoms with Crippen LogP contribution in [0.25, 0.3) is 0 Å². The lowest BCUT2D eigenvalue weighted by Gasteiger charge is -2.02. The van der Waals surface area contributed by atoms with E-state index in [4.69, 9.17) is 0 Å². The Morgan fingerprint density at radius 3 is 2.79 bits per heavy atom. The summed E-state index contributed by atoms with van der Waals surface area (Å²) in [5.74, 6) is 1.24. The Morgan fingerprint density at radius 2 is 2.11 bits per heavy atom. The molecule has 0 unspecified atom stereocenters. The molecule has 0 amide bonds. The van der Waals surface area contributed by atoms with Crippen LogP contribution < -0.4 is 5.69 Å². The van der Waals surface area contributed by atoms with Gasteiger partial charge in [0.15, 0.2) is 5.82 Å². The maximum Gasteiger partial charge on any atom is 0.364 e. The van der Waals surface area contributed by atoms with Gasteiger partial charge in [-0.05, 0) is 17.9 Å². The van der Waals surface area contributed by atoms with Gasteiger partial charge >= 0.3 is 5.69 Å². The van der Waals surface area contributed by atoms with Crippen LogP contribution in [0.4, 0.5) is 0 Å². The largest absolute Gasteiger partial charge is 0.364 e. The molecule has 0 saturated heterocycles. The summed E-state index contributed by atoms with van der Waals surface area (Å²) in [5.41, 5.74) is 0.649. The zero-order chi connectivity index (χ0) is 13.7. The first-order valence-corrected chi connectivity index (χ1v) is 6.42. The molecule has 0 spiro atoms. The minimum atomic E-state index is -0.300. The molecule has 1 heterocycles. The third kappa shape index (κ3) is 3.64. The van der Waals surface area contributed by atoms with Crippen LogP contribution in [0.15, 0.2) is 40.2 Å². The molecule has 0 bridgehead atoms. The molecule has 1 aromatic heterocycles. The molecule has 0 fully saturated rings. The van der Waals surface area contributed by atoms with Crippen LogP contribution in [-0.4, -0.2) is 21.1 Å². The van der Waals surface area contributed by atoms with Crippen molar-refractivity contribution in [2.75, 3.05) is 0 Å². The molecule has 0 aliphatic heterocycles. The first kappa shape index (κ1) is 13.3. The predicted molar refractivity (Wildman–Crippen MR) is 75.4 cm³/mol. The van der Waals surface area contributed by atoms with Crippen LogP contribution in [0, 0.1) is 5.92 Å². The number of nitrogens with zero attached hydrogens (tertiary/aromatic N) is 3. The van der Waals surface area contributed by atoms with Gasteiger partial charge in [0.2, 0.25) is 0 Å². The number of aromatic amines is 1. The Bertz CT molecular complexity index is 595. The molecule has 1 N–H and O–H groups in total. The van der Waals surface area contributed by atoms with E-state index in [0.29, 0.717) is 11.7 Å². The summed E-state index contributed by atoms with van der Waals surface area (Å²) in [6, 6.07) is 9.67. The van der Waals surface area contributed by atoms with E-state index in [9.17, 15) is 4.79 Å². The number of benzene rings is 1. The molecule has 5 nitrogen and oxygen atoms in total. The van der Waals surface area contributed by atoms with Crippen molar-refractivity contribution in [2.45, 2.75) is 26.7 Å². The van der Waals surface area contributed by atoms with Gasteiger partial charge in [-0.3, -0.25) is 0 Å². The zero-order valence-corrected chi connectivity index (χ0v) is 11.2. The Kier molecular flexibility index (Phi) is 4.28. The lowest BCUT2D eigenvalue weighted by atomic mass is 10.1. The summed E-state index contributed by atoms with van der Waals surface area (Å²) in [4.78, 5) is 11.6. The van der Waals surface area contributed by atoms with Crippen molar-refractivity contribution in [1.29, 1.82) is 0 Å². The molecule has 1 aromatic carbocycles. The van der Waals surface area contributed by atoms with Crippen LogP contribution in [0.5, 0.6) is 0 Å². The molecule has 0 aliphatic rings. The average molecular weight is 258 g/mol. The van der Waals surface area contributed by atoms with E-state index in [1.54, 1.807) is 6.21 Å². The number of aryl methyl sites for hydroxylation is 1. The van der Waals surface area contributed by atoms with E-state index in [2.05, 4.69) is 29.1 Å². The highest BCUT2D eigenvalue weighted by atomic mass is 16.2. The molecule has 0 radical (unpaired) electrons. The molecule has 2 aromatic rings. The predicted octanol–water partition coefficient (Wildman–Crippen LogP) is 2.04. The van der Waals surface area contributed by atoms with Crippen molar-refractivity contribution in [2.24, 2.45) is 11.0 Å². The van der Waals surface area contributed by atoms with Crippen LogP contribution in [0.2, 0.25) is 0 Å². The van der Waals surface area contributed by atoms with Crippen LogP contribution in [-0.2, 0) is 6.42 Å². The molecule has 0 saturated carbocycles. The number of hydrogen-bond acceptors (Lipinski definition) is 3. The highest BCUT2D eigenvalue weighted by Gasteiger charge is 2.07. The topological polar surface area (TPSA) is 63.0 Å². The molecular formula is C14H18N4O. The van der Waals surface area contributed by atoms with Gasteiger partial charge in [0, 0.05) is 6.42 Å². The Balaban J connectivity index is 2.18. The number of hydrogen-bond donors (Lipinski definition) is 1. The van der Waals surface area contributed by atoms with Crippen LogP contribution >= 0.6 is 0 Å². The molecule has 0 atom stereocenters. The molecule has 100 valence electrons. The molecule has 0 aliphatic carbocycles. The number of aromatic nitrogens is 3. The van der Waals surface area contributed by atoms with Crippen molar-refractivity contribution >= 4 is 6.21 Å². The lowest BCUT2D eigenvalue weighted by Crippen LogP contribution is -2.15. The lowest BCUT2D eigenvalue weighted by molar-refractivity contribution is 0.563. The summed E-state index contributed by atoms with van der Waals surface area (Å²) in [6.07, 6.45) is 3.38. The van der Waals surface area contributed by atoms with Crippen LogP contribution in [0.3, 0.4) is 0 Å². The Morgan fingerprint density at radius 1 is 1.37 bits per heavy atom. The first-order valence-electron chi connectivity index (χ1n) is 6.42. The third-order valence-corrected chi connectivity index (χ3v) is 2.78. The van der Waals surface area contributed by atoms with Crippen molar-refractivity contribution in [3.63, 3.8) is 0 Å². The van der Waals surface area contributed by atoms with Crippen molar-refractivity contribution < 1.29 is 0 Å². The first-order chi connectivity index (χ1) is 9.16. The smallest absolute Gasteiger partial charge is 0.244 e. The van der Waals surface area contributed by atoms with Gasteiger partial charge in [-0.25, -0.2) is 9.89 Å². The Hall–Kier alpha value is -2.17. The monoisotopic (exact) mass is 258 g/mol. The SMILES string of the molecule is CC(C)CCc1n[nH]c(=O)n1/N=C/c1ccccc1. The molecule has 5 heteroatoms. The minimum absolute atomic E-state index is 0.300. The summed E-state index contributed by atoms with van der Waals surface area (Å²) < 4.78 is 1.33. The Labute approximate surface area is 112 Å². The molecule has 2 rings (SSSR count). The van der Waals surface area contributed by atoms with Gasteiger partial charge in [-0.2, -0.15) is 14.9 Å². The highest BCUT2D eigenvalue weighted by molar-refractivity contribution is 5.79. The van der Waals surface area contributed by atoms with E-state index in [1.165, 1.54) is 4.68 Å². The number of H-pyrrole nitrogens is 1. The fourth-order valence-electron chi connectivity index (χ4n) is 1.69. The minimum Gasteiger partial charge on any atom is -0.244 e. The maximum absolute atomic E-state index is 11.6. The van der Waals surface area contributed by atoms with E-state index < -0.39 is 0 Å². The average Bonchev–Trinajstić information content (AvgIpc) is 2.76. The fourth-order valence-corrected chi connectivity index (χ4v) is 1.69. The summed E-state index contributed by atoms with van der Waals surface area (Å²) in [7, 11) is 0. The summed E-state index contributed by atoms with van der Waals surface area (Å²) in [6.45, 7) is 4.28. The number of rotatable bonds is 5. The van der Waals surface area contributed by atoms with Crippen molar-refractivity contribution in [3.05, 3.63) is 52.2 Å². The van der Waals surface area contributed by atoms with E-state index in [0.717, 1.165) is 18.4 Å². The van der Waals surface area contributed by atoms with Gasteiger partial charge in [0.25, 0.3) is 0 Å². The number of nitrogens with one attached hydrogen (secondary N) is 1. The quantitative estimate of drug-likeness (QED) is 0.834. The van der Waals surface area contributed by atoms with Crippen molar-refractivity contribution in [3.8, 4) is 0 Å². The fraction of sp³-hybridized carbons (Fsp3) is 0.357. The second-order valence-corrected chi connectivity index (χ2v) is 4.84. The van der Waals surface area contributed by atoms with Crippen LogP contribution in [0.1, 0.15) is 31.7 Å². The van der Waals surface area contributed by atoms with E-state index in [-0.39, 0.29) is 5.69 Å². The van der Waals surface area contributed by atoms with Crippen molar-refractivity contribution in [1.82, 2.24) is 14.9 Å². The van der Waals surface area contributed by atoms with E-state index >= 15 is 0 Å². The van der Waals surface area contributed by atoms with Gasteiger partial charge in [-0.15, -0.1) is 0 Å². The molecular weight excluding hydrogens is 240 g/mol. The summed E-state index contributed by atoms with van der Waals surface area (Å²) >= 11 is 0. The third-order valence-electron chi connectivity index (χ3n) is 2.78. The molecule has 19 heavy (non-hydrogen) atoms. The van der Waals surface area contributed by atoms with Gasteiger partial charge < -0.3 is 0 Å². The maximum atomic E-state index is 11.6. The highest BCUT2D eigenvalue weighted by Crippen LogP contribution is 2.05. The normalized spacial score (nSPS) is 11.5. The second kappa shape index (κ2) is 6.13. The van der Waals surface area contributed by atoms with Gasteiger partial charge in [0.1, 0.15) is 0 Å². The van der Waals surface area contributed by atoms with Gasteiger partial charge in [-0.1, -0.05) is 44.2 Å². The summed E-state index contributed by atoms with van der Waals surface area (Å²) in [5, 5.41) is 10.7.